The lowest BCUT2D eigenvalue weighted by Crippen LogP contribution is -2.33. The largest absolute Gasteiger partial charge is 0.347 e. The summed E-state index contributed by atoms with van der Waals surface area (Å²) in [6, 6.07) is 0. The summed E-state index contributed by atoms with van der Waals surface area (Å²) >= 11 is 0. The maximum Gasteiger partial charge on any atom is 0.168 e. The number of ether oxygens (including phenoxy) is 2. The van der Waals surface area contributed by atoms with E-state index in [-0.39, 0.29) is 11.9 Å². The molecule has 2 rings (SSSR count). The Balaban J connectivity index is 1.88. The third-order valence-electron chi connectivity index (χ3n) is 2.88. The molecule has 0 aromatic heterocycles. The lowest BCUT2D eigenvalue weighted by Gasteiger charge is -2.31. The topological polar surface area (TPSA) is 67.2 Å². The molecular formula is C9H15N3O2. The first-order valence-electron chi connectivity index (χ1n) is 5.17. The number of azide groups is 1. The Morgan fingerprint density at radius 2 is 2.14 bits per heavy atom. The predicted octanol–water partition coefficient (Wildman–Crippen LogP) is 2.37. The van der Waals surface area contributed by atoms with Crippen LogP contribution in [0.5, 0.6) is 0 Å². The van der Waals surface area contributed by atoms with Crippen LogP contribution < -0.4 is 0 Å². The molecule has 14 heavy (non-hydrogen) atoms. The highest BCUT2D eigenvalue weighted by Gasteiger charge is 2.41. The third kappa shape index (κ3) is 2.00. The molecule has 0 bridgehead atoms. The fourth-order valence-corrected chi connectivity index (χ4v) is 2.19. The van der Waals surface area contributed by atoms with E-state index in [4.69, 9.17) is 15.0 Å². The van der Waals surface area contributed by atoms with E-state index < -0.39 is 0 Å². The summed E-state index contributed by atoms with van der Waals surface area (Å²) in [5.74, 6) is -0.339. The van der Waals surface area contributed by atoms with E-state index in [1.165, 1.54) is 19.3 Å². The van der Waals surface area contributed by atoms with Crippen molar-refractivity contribution in [3.63, 3.8) is 0 Å². The molecule has 2 aliphatic rings. The van der Waals surface area contributed by atoms with Crippen molar-refractivity contribution in [2.45, 2.75) is 44.0 Å². The van der Waals surface area contributed by atoms with Gasteiger partial charge in [-0.1, -0.05) is 11.5 Å². The summed E-state index contributed by atoms with van der Waals surface area (Å²) in [6.07, 6.45) is 5.56. The van der Waals surface area contributed by atoms with E-state index in [0.29, 0.717) is 13.2 Å². The molecule has 5 heteroatoms. The van der Waals surface area contributed by atoms with Gasteiger partial charge in [0.05, 0.1) is 19.3 Å². The molecule has 0 N–H and O–H groups in total. The Bertz CT molecular complexity index is 244. The van der Waals surface area contributed by atoms with Crippen LogP contribution in [0.2, 0.25) is 0 Å². The van der Waals surface area contributed by atoms with Crippen LogP contribution >= 0.6 is 0 Å². The second kappa shape index (κ2) is 4.17. The molecule has 5 nitrogen and oxygen atoms in total. The molecule has 0 amide bonds. The van der Waals surface area contributed by atoms with Gasteiger partial charge in [0.25, 0.3) is 0 Å². The maximum absolute atomic E-state index is 8.19. The lowest BCUT2D eigenvalue weighted by molar-refractivity contribution is -0.186. The highest BCUT2D eigenvalue weighted by Crippen LogP contribution is 2.37. The van der Waals surface area contributed by atoms with Crippen molar-refractivity contribution in [2.75, 3.05) is 13.2 Å². The Morgan fingerprint density at radius 3 is 2.86 bits per heavy atom. The fraction of sp³-hybridized carbons (Fsp3) is 1.00. The molecule has 1 atom stereocenters. The van der Waals surface area contributed by atoms with Crippen molar-refractivity contribution in [3.8, 4) is 0 Å². The van der Waals surface area contributed by atoms with Gasteiger partial charge in [0, 0.05) is 17.8 Å². The first-order valence-corrected chi connectivity index (χ1v) is 5.17. The molecule has 1 heterocycles. The molecule has 0 aromatic carbocycles. The van der Waals surface area contributed by atoms with Crippen molar-refractivity contribution < 1.29 is 9.47 Å². The van der Waals surface area contributed by atoms with Crippen molar-refractivity contribution in [2.24, 2.45) is 5.11 Å². The number of nitrogens with zero attached hydrogens (tertiary/aromatic N) is 3. The van der Waals surface area contributed by atoms with E-state index in [1.54, 1.807) is 0 Å². The standard InChI is InChI=1S/C9H15N3O2/c10-12-11-6-8-7-13-9(14-8)4-2-1-3-5-9/h8H,1-7H2/t8-/m1/s1. The minimum atomic E-state index is -0.339. The molecule has 1 aliphatic carbocycles. The molecule has 1 spiro atoms. The van der Waals surface area contributed by atoms with Gasteiger partial charge in [0.2, 0.25) is 0 Å². The van der Waals surface area contributed by atoms with Crippen molar-refractivity contribution in [1.82, 2.24) is 0 Å². The van der Waals surface area contributed by atoms with E-state index in [0.717, 1.165) is 12.8 Å². The average molecular weight is 197 g/mol. The second-order valence-electron chi connectivity index (χ2n) is 3.94. The Hall–Kier alpha value is -0.770. The molecule has 78 valence electrons. The molecule has 2 fully saturated rings. The van der Waals surface area contributed by atoms with E-state index in [9.17, 15) is 0 Å². The quantitative estimate of drug-likeness (QED) is 0.387. The molecule has 0 unspecified atom stereocenters. The predicted molar refractivity (Wildman–Crippen MR) is 50.7 cm³/mol. The van der Waals surface area contributed by atoms with Crippen molar-refractivity contribution >= 4 is 0 Å². The van der Waals surface area contributed by atoms with Crippen molar-refractivity contribution in [3.05, 3.63) is 10.4 Å². The van der Waals surface area contributed by atoms with Crippen LogP contribution in [0.3, 0.4) is 0 Å². The summed E-state index contributed by atoms with van der Waals surface area (Å²) < 4.78 is 11.5. The second-order valence-corrected chi connectivity index (χ2v) is 3.94. The Morgan fingerprint density at radius 1 is 1.36 bits per heavy atom. The first kappa shape index (κ1) is 9.77. The minimum absolute atomic E-state index is 0.0380. The summed E-state index contributed by atoms with van der Waals surface area (Å²) in [4.78, 5) is 2.72. The smallest absolute Gasteiger partial charge is 0.168 e. The van der Waals surface area contributed by atoms with Crippen LogP contribution in [-0.2, 0) is 9.47 Å². The van der Waals surface area contributed by atoms with E-state index in [2.05, 4.69) is 10.0 Å². The van der Waals surface area contributed by atoms with Gasteiger partial charge in [-0.05, 0) is 18.4 Å². The van der Waals surface area contributed by atoms with Crippen LogP contribution in [-0.4, -0.2) is 25.0 Å². The van der Waals surface area contributed by atoms with Gasteiger partial charge in [0.1, 0.15) is 0 Å². The third-order valence-corrected chi connectivity index (χ3v) is 2.88. The average Bonchev–Trinajstić information content (AvgIpc) is 2.60. The zero-order chi connectivity index (χ0) is 9.86. The zero-order valence-corrected chi connectivity index (χ0v) is 8.19. The lowest BCUT2D eigenvalue weighted by atomic mass is 9.94. The Kier molecular flexibility index (Phi) is 2.91. The Labute approximate surface area is 83.0 Å². The first-order chi connectivity index (χ1) is 6.85. The monoisotopic (exact) mass is 197 g/mol. The van der Waals surface area contributed by atoms with Crippen LogP contribution in [0.15, 0.2) is 5.11 Å². The van der Waals surface area contributed by atoms with Crippen LogP contribution in [0.1, 0.15) is 32.1 Å². The van der Waals surface area contributed by atoms with Gasteiger partial charge in [0.15, 0.2) is 5.79 Å². The molecule has 1 aliphatic heterocycles. The normalized spacial score (nSPS) is 30.1. The van der Waals surface area contributed by atoms with Gasteiger partial charge in [-0.2, -0.15) is 0 Å². The number of rotatable bonds is 2. The zero-order valence-electron chi connectivity index (χ0n) is 8.19. The van der Waals surface area contributed by atoms with Crippen LogP contribution in [0.4, 0.5) is 0 Å². The van der Waals surface area contributed by atoms with Gasteiger partial charge < -0.3 is 9.47 Å². The van der Waals surface area contributed by atoms with E-state index in [1.807, 2.05) is 0 Å². The van der Waals surface area contributed by atoms with Gasteiger partial charge in [-0.25, -0.2) is 0 Å². The number of hydrogen-bond donors (Lipinski definition) is 0. The van der Waals surface area contributed by atoms with Crippen LogP contribution in [0, 0.1) is 0 Å². The van der Waals surface area contributed by atoms with Crippen LogP contribution in [0.25, 0.3) is 10.4 Å². The summed E-state index contributed by atoms with van der Waals surface area (Å²) in [5.41, 5.74) is 8.19. The summed E-state index contributed by atoms with van der Waals surface area (Å²) in [5, 5.41) is 3.51. The summed E-state index contributed by atoms with van der Waals surface area (Å²) in [7, 11) is 0. The van der Waals surface area contributed by atoms with Gasteiger partial charge in [-0.3, -0.25) is 0 Å². The highest BCUT2D eigenvalue weighted by molar-refractivity contribution is 4.83. The van der Waals surface area contributed by atoms with Gasteiger partial charge >= 0.3 is 0 Å². The molecular weight excluding hydrogens is 182 g/mol. The number of hydrogen-bond acceptors (Lipinski definition) is 3. The molecule has 1 saturated carbocycles. The molecule has 0 aromatic rings. The van der Waals surface area contributed by atoms with E-state index >= 15 is 0 Å². The van der Waals surface area contributed by atoms with Crippen molar-refractivity contribution in [1.29, 1.82) is 0 Å². The molecule has 0 radical (unpaired) electrons. The SMILES string of the molecule is [N-]=[N+]=NC[C@@H]1COC2(CCCCC2)O1. The fourth-order valence-electron chi connectivity index (χ4n) is 2.19. The summed E-state index contributed by atoms with van der Waals surface area (Å²) in [6.45, 7) is 0.956. The highest BCUT2D eigenvalue weighted by atomic mass is 16.7. The maximum atomic E-state index is 8.19. The van der Waals surface area contributed by atoms with Gasteiger partial charge in [-0.15, -0.1) is 0 Å². The molecule has 1 saturated heterocycles. The minimum Gasteiger partial charge on any atom is -0.347 e.